The smallest absolute Gasteiger partial charge is 0.319 e. The van der Waals surface area contributed by atoms with E-state index in [0.29, 0.717) is 0 Å². The number of thiophene rings is 1. The van der Waals surface area contributed by atoms with Crippen molar-refractivity contribution < 1.29 is 9.18 Å². The molecule has 5 nitrogen and oxygen atoms in total. The van der Waals surface area contributed by atoms with Gasteiger partial charge in [0.2, 0.25) is 0 Å². The molecule has 2 amide bonds. The van der Waals surface area contributed by atoms with Crippen molar-refractivity contribution in [2.75, 3.05) is 42.9 Å². The largest absolute Gasteiger partial charge is 0.369 e. The van der Waals surface area contributed by atoms with E-state index in [-0.39, 0.29) is 17.9 Å². The number of carbonyl (C=O) groups excluding carboxylic acids is 1. The molecule has 1 aromatic heterocycles. The number of halogens is 1. The topological polar surface area (TPSA) is 47.6 Å². The molecular weight excluding hydrogens is 351 g/mol. The van der Waals surface area contributed by atoms with E-state index in [1.807, 2.05) is 29.8 Å². The van der Waals surface area contributed by atoms with Crippen molar-refractivity contribution in [3.63, 3.8) is 0 Å². The number of hydrogen-bond acceptors (Lipinski definition) is 4. The number of carbonyl (C=O) groups is 1. The van der Waals surface area contributed by atoms with Gasteiger partial charge in [-0.3, -0.25) is 0 Å². The number of rotatable bonds is 5. The molecule has 0 bridgehead atoms. The average Bonchev–Trinajstić information content (AvgIpc) is 3.14. The molecule has 140 valence electrons. The molecule has 26 heavy (non-hydrogen) atoms. The van der Waals surface area contributed by atoms with Crippen LogP contribution < -0.4 is 15.5 Å². The summed E-state index contributed by atoms with van der Waals surface area (Å²) in [5.41, 5.74) is 2.55. The summed E-state index contributed by atoms with van der Waals surface area (Å²) < 4.78 is 13.9. The van der Waals surface area contributed by atoms with Crippen LogP contribution in [0.1, 0.15) is 25.5 Å². The van der Waals surface area contributed by atoms with E-state index in [0.717, 1.165) is 49.7 Å². The lowest BCUT2D eigenvalue weighted by Gasteiger charge is -2.37. The Bertz CT molecular complexity index is 729. The van der Waals surface area contributed by atoms with Crippen molar-refractivity contribution >= 4 is 28.7 Å². The fraction of sp³-hybridized carbons (Fsp3) is 0.421. The second-order valence-corrected chi connectivity index (χ2v) is 7.24. The third-order valence-electron chi connectivity index (χ3n) is 4.74. The number of amides is 2. The van der Waals surface area contributed by atoms with Crippen LogP contribution in [0.5, 0.6) is 0 Å². The summed E-state index contributed by atoms with van der Waals surface area (Å²) in [6.45, 7) is 8.89. The number of anilines is 2. The van der Waals surface area contributed by atoms with Crippen LogP contribution in [0.2, 0.25) is 0 Å². The van der Waals surface area contributed by atoms with Crippen LogP contribution in [0, 0.1) is 5.82 Å². The van der Waals surface area contributed by atoms with Gasteiger partial charge in [-0.25, -0.2) is 9.18 Å². The molecule has 0 radical (unpaired) electrons. The zero-order valence-electron chi connectivity index (χ0n) is 15.2. The Labute approximate surface area is 157 Å². The number of benzene rings is 1. The first-order chi connectivity index (χ1) is 12.6. The van der Waals surface area contributed by atoms with Gasteiger partial charge >= 0.3 is 6.03 Å². The molecule has 1 aliphatic rings. The molecule has 2 aromatic rings. The van der Waals surface area contributed by atoms with Crippen molar-refractivity contribution in [1.82, 2.24) is 10.2 Å². The van der Waals surface area contributed by atoms with E-state index in [2.05, 4.69) is 27.4 Å². The minimum Gasteiger partial charge on any atom is -0.369 e. The zero-order valence-corrected chi connectivity index (χ0v) is 16.0. The normalized spacial score (nSPS) is 16.3. The first kappa shape index (κ1) is 18.7. The number of nitrogens with one attached hydrogen (secondary N) is 2. The maximum Gasteiger partial charge on any atom is 0.319 e. The lowest BCUT2D eigenvalue weighted by atomic mass is 10.0. The van der Waals surface area contributed by atoms with E-state index in [4.69, 9.17) is 0 Å². The molecule has 1 saturated heterocycles. The number of nitrogens with zero attached hydrogens (tertiary/aromatic N) is 2. The van der Waals surface area contributed by atoms with Gasteiger partial charge in [-0.05, 0) is 43.1 Å². The molecule has 2 heterocycles. The van der Waals surface area contributed by atoms with E-state index >= 15 is 0 Å². The molecule has 3 rings (SSSR count). The van der Waals surface area contributed by atoms with Gasteiger partial charge in [0, 0.05) is 42.8 Å². The van der Waals surface area contributed by atoms with Crippen LogP contribution in [0.15, 0.2) is 35.0 Å². The summed E-state index contributed by atoms with van der Waals surface area (Å²) in [7, 11) is 0. The number of piperazine rings is 1. The standard InChI is InChI=1S/C19H25FN4OS/c1-3-23-7-9-24(10-8-23)18-5-4-15(20)12-17(18)14(2)21-19(25)22-16-6-11-26-13-16/h4-6,11-14H,3,7-10H2,1-2H3,(H2,21,22,25)/t14-/m0/s1. The highest BCUT2D eigenvalue weighted by atomic mass is 32.1. The summed E-state index contributed by atoms with van der Waals surface area (Å²) in [5.74, 6) is -0.289. The lowest BCUT2D eigenvalue weighted by Crippen LogP contribution is -2.46. The van der Waals surface area contributed by atoms with Crippen LogP contribution in [0.3, 0.4) is 0 Å². The van der Waals surface area contributed by atoms with Crippen molar-refractivity contribution in [1.29, 1.82) is 0 Å². The highest BCUT2D eigenvalue weighted by Gasteiger charge is 2.21. The zero-order chi connectivity index (χ0) is 18.5. The summed E-state index contributed by atoms with van der Waals surface area (Å²) >= 11 is 1.52. The number of likely N-dealkylation sites (N-methyl/N-ethyl adjacent to an activating group) is 1. The average molecular weight is 377 g/mol. The van der Waals surface area contributed by atoms with E-state index in [1.165, 1.54) is 23.5 Å². The molecular formula is C19H25FN4OS. The maximum absolute atomic E-state index is 13.9. The maximum atomic E-state index is 13.9. The number of hydrogen-bond donors (Lipinski definition) is 2. The molecule has 0 unspecified atom stereocenters. The van der Waals surface area contributed by atoms with Crippen LogP contribution >= 0.6 is 11.3 Å². The summed E-state index contributed by atoms with van der Waals surface area (Å²) in [4.78, 5) is 16.9. The fourth-order valence-corrected chi connectivity index (χ4v) is 3.83. The predicted octanol–water partition coefficient (Wildman–Crippen LogP) is 3.91. The van der Waals surface area contributed by atoms with Crippen LogP contribution in [0.4, 0.5) is 20.6 Å². The van der Waals surface area contributed by atoms with Gasteiger partial charge in [-0.15, -0.1) is 0 Å². The minimum absolute atomic E-state index is 0.289. The Hall–Kier alpha value is -2.12. The third-order valence-corrected chi connectivity index (χ3v) is 5.43. The third kappa shape index (κ3) is 4.53. The van der Waals surface area contributed by atoms with Crippen LogP contribution in [-0.4, -0.2) is 43.7 Å². The van der Waals surface area contributed by atoms with Gasteiger partial charge in [0.15, 0.2) is 0 Å². The molecule has 1 atom stereocenters. The highest BCUT2D eigenvalue weighted by Crippen LogP contribution is 2.28. The summed E-state index contributed by atoms with van der Waals surface area (Å²) in [6.07, 6.45) is 0. The minimum atomic E-state index is -0.302. The Kier molecular flexibility index (Phi) is 6.11. The Balaban J connectivity index is 1.71. The Morgan fingerprint density at radius 2 is 2.04 bits per heavy atom. The Morgan fingerprint density at radius 3 is 2.69 bits per heavy atom. The first-order valence-corrected chi connectivity index (χ1v) is 9.87. The fourth-order valence-electron chi connectivity index (χ4n) is 3.24. The molecule has 2 N–H and O–H groups in total. The van der Waals surface area contributed by atoms with Gasteiger partial charge in [0.05, 0.1) is 11.7 Å². The quantitative estimate of drug-likeness (QED) is 0.832. The summed E-state index contributed by atoms with van der Waals surface area (Å²) in [5, 5.41) is 9.48. The molecule has 1 aliphatic heterocycles. The lowest BCUT2D eigenvalue weighted by molar-refractivity contribution is 0.249. The molecule has 7 heteroatoms. The van der Waals surface area contributed by atoms with Crippen molar-refractivity contribution in [3.05, 3.63) is 46.4 Å². The van der Waals surface area contributed by atoms with Crippen molar-refractivity contribution in [2.24, 2.45) is 0 Å². The summed E-state index contributed by atoms with van der Waals surface area (Å²) in [6, 6.07) is 6.09. The van der Waals surface area contributed by atoms with E-state index in [1.54, 1.807) is 0 Å². The van der Waals surface area contributed by atoms with Crippen molar-refractivity contribution in [3.8, 4) is 0 Å². The second-order valence-electron chi connectivity index (χ2n) is 6.46. The van der Waals surface area contributed by atoms with Gasteiger partial charge < -0.3 is 20.4 Å². The van der Waals surface area contributed by atoms with E-state index in [9.17, 15) is 9.18 Å². The monoisotopic (exact) mass is 376 g/mol. The van der Waals surface area contributed by atoms with Gasteiger partial charge in [0.25, 0.3) is 0 Å². The number of urea groups is 1. The molecule has 1 fully saturated rings. The SMILES string of the molecule is CCN1CCN(c2ccc(F)cc2[C@H](C)NC(=O)Nc2ccsc2)CC1. The van der Waals surface area contributed by atoms with Gasteiger partial charge in [-0.1, -0.05) is 6.92 Å². The predicted molar refractivity (Wildman–Crippen MR) is 106 cm³/mol. The van der Waals surface area contributed by atoms with Crippen LogP contribution in [-0.2, 0) is 0 Å². The molecule has 0 saturated carbocycles. The first-order valence-electron chi connectivity index (χ1n) is 8.93. The highest BCUT2D eigenvalue weighted by molar-refractivity contribution is 7.08. The molecule has 0 spiro atoms. The van der Waals surface area contributed by atoms with Crippen molar-refractivity contribution in [2.45, 2.75) is 19.9 Å². The van der Waals surface area contributed by atoms with Gasteiger partial charge in [-0.2, -0.15) is 11.3 Å². The van der Waals surface area contributed by atoms with Gasteiger partial charge in [0.1, 0.15) is 5.82 Å². The Morgan fingerprint density at radius 1 is 1.27 bits per heavy atom. The molecule has 0 aliphatic carbocycles. The van der Waals surface area contributed by atoms with Crippen LogP contribution in [0.25, 0.3) is 0 Å². The molecule has 1 aromatic carbocycles. The second kappa shape index (κ2) is 8.51. The van der Waals surface area contributed by atoms with E-state index < -0.39 is 0 Å².